The van der Waals surface area contributed by atoms with Crippen LogP contribution in [0.5, 0.6) is 0 Å². The zero-order valence-electron chi connectivity index (χ0n) is 11.4. The first-order valence-electron chi connectivity index (χ1n) is 6.28. The van der Waals surface area contributed by atoms with Crippen LogP contribution in [0.25, 0.3) is 0 Å². The van der Waals surface area contributed by atoms with E-state index in [9.17, 15) is 19.2 Å². The van der Waals surface area contributed by atoms with Crippen molar-refractivity contribution in [3.63, 3.8) is 0 Å². The van der Waals surface area contributed by atoms with Gasteiger partial charge in [0.25, 0.3) is 5.91 Å². The average molecular weight is 304 g/mol. The second-order valence-corrected chi connectivity index (χ2v) is 4.44. The molecule has 0 aliphatic heterocycles. The molecule has 0 aromatic rings. The molecular weight excluding hydrogens is 284 g/mol. The summed E-state index contributed by atoms with van der Waals surface area (Å²) >= 11 is 0. The Bertz CT molecular complexity index is 400. The second kappa shape index (κ2) is 9.66. The minimum absolute atomic E-state index is 0.0350. The Morgan fingerprint density at radius 3 is 2.19 bits per heavy atom. The molecule has 2 atom stereocenters. The number of hydrogen-bond donors (Lipinski definition) is 6. The van der Waals surface area contributed by atoms with E-state index < -0.39 is 35.8 Å². The Balaban J connectivity index is 4.24. The first kappa shape index (κ1) is 18.8. The summed E-state index contributed by atoms with van der Waals surface area (Å²) in [7, 11) is 0. The van der Waals surface area contributed by atoms with E-state index in [4.69, 9.17) is 21.8 Å². The van der Waals surface area contributed by atoms with Crippen LogP contribution in [-0.2, 0) is 19.2 Å². The van der Waals surface area contributed by atoms with Gasteiger partial charge in [0.2, 0.25) is 11.8 Å². The molecule has 0 unspecified atom stereocenters. The molecule has 0 spiro atoms. The molecule has 0 heterocycles. The fourth-order valence-corrected chi connectivity index (χ4v) is 1.51. The predicted octanol–water partition coefficient (Wildman–Crippen LogP) is -2.18. The Morgan fingerprint density at radius 1 is 1.10 bits per heavy atom. The van der Waals surface area contributed by atoms with Crippen LogP contribution in [0.15, 0.2) is 0 Å². The summed E-state index contributed by atoms with van der Waals surface area (Å²) in [6.07, 6.45) is 0.112. The van der Waals surface area contributed by atoms with Gasteiger partial charge < -0.3 is 21.9 Å². The highest BCUT2D eigenvalue weighted by molar-refractivity contribution is 5.87. The number of rotatable bonds is 10. The molecule has 0 aliphatic carbocycles. The van der Waals surface area contributed by atoms with Crippen LogP contribution in [0, 0.1) is 0 Å². The fraction of sp³-hybridized carbons (Fsp3) is 0.636. The molecule has 3 amide bonds. The lowest BCUT2D eigenvalue weighted by molar-refractivity contribution is -0.138. The number of amides is 3. The van der Waals surface area contributed by atoms with Gasteiger partial charge in [-0.3, -0.25) is 24.4 Å². The van der Waals surface area contributed by atoms with Crippen LogP contribution < -0.4 is 22.3 Å². The summed E-state index contributed by atoms with van der Waals surface area (Å²) in [6, 6.07) is -2.15. The Labute approximate surface area is 120 Å². The largest absolute Gasteiger partial charge is 0.480 e. The fourth-order valence-electron chi connectivity index (χ4n) is 1.51. The van der Waals surface area contributed by atoms with Crippen molar-refractivity contribution in [1.29, 1.82) is 0 Å². The molecule has 0 aliphatic rings. The van der Waals surface area contributed by atoms with Gasteiger partial charge in [0.1, 0.15) is 12.1 Å². The lowest BCUT2D eigenvalue weighted by Crippen LogP contribution is -2.46. The van der Waals surface area contributed by atoms with E-state index in [1.54, 1.807) is 0 Å². The smallest absolute Gasteiger partial charge is 0.320 e. The second-order valence-electron chi connectivity index (χ2n) is 4.44. The highest BCUT2D eigenvalue weighted by Gasteiger charge is 2.21. The number of primary amides is 1. The Kier molecular flexibility index (Phi) is 8.65. The van der Waals surface area contributed by atoms with Gasteiger partial charge in [-0.05, 0) is 19.3 Å². The van der Waals surface area contributed by atoms with Crippen molar-refractivity contribution < 1.29 is 29.5 Å². The maximum Gasteiger partial charge on any atom is 0.320 e. The summed E-state index contributed by atoms with van der Waals surface area (Å²) in [5, 5.41) is 19.4. The van der Waals surface area contributed by atoms with Gasteiger partial charge >= 0.3 is 5.97 Å². The molecule has 0 fully saturated rings. The third-order valence-electron chi connectivity index (χ3n) is 2.68. The number of aliphatic carboxylic acids is 1. The summed E-state index contributed by atoms with van der Waals surface area (Å²) in [4.78, 5) is 44.0. The SMILES string of the molecule is NC(=O)CC[C@H](NC(=O)CCC[C@H](N)C(=O)O)C(=O)NO. The number of carboxylic acid groups (broad SMARTS) is 1. The van der Waals surface area contributed by atoms with Gasteiger partial charge in [-0.2, -0.15) is 0 Å². The van der Waals surface area contributed by atoms with E-state index in [0.29, 0.717) is 0 Å². The maximum absolute atomic E-state index is 11.6. The first-order chi connectivity index (χ1) is 9.77. The lowest BCUT2D eigenvalue weighted by atomic mass is 10.1. The Hall–Kier alpha value is -2.20. The van der Waals surface area contributed by atoms with Crippen molar-refractivity contribution in [2.24, 2.45) is 11.5 Å². The van der Waals surface area contributed by atoms with Gasteiger partial charge in [-0.25, -0.2) is 5.48 Å². The standard InChI is InChI=1S/C11H20N4O6/c12-6(11(19)20)2-1-3-9(17)14-7(10(18)15-21)4-5-8(13)16/h6-7,21H,1-5,12H2,(H2,13,16)(H,14,17)(H,15,18)(H,19,20)/t6-,7-/m0/s1. The molecule has 0 aromatic carbocycles. The monoisotopic (exact) mass is 304 g/mol. The van der Waals surface area contributed by atoms with Crippen LogP contribution in [0.1, 0.15) is 32.1 Å². The van der Waals surface area contributed by atoms with Gasteiger partial charge in [0, 0.05) is 12.8 Å². The lowest BCUT2D eigenvalue weighted by Gasteiger charge is -2.16. The number of nitrogens with two attached hydrogens (primary N) is 2. The molecule has 10 heteroatoms. The van der Waals surface area contributed by atoms with Gasteiger partial charge in [0.05, 0.1) is 0 Å². The topological polar surface area (TPSA) is 185 Å². The normalized spacial score (nSPS) is 13.0. The average Bonchev–Trinajstić information content (AvgIpc) is 2.41. The number of hydroxylamine groups is 1. The number of carbonyl (C=O) groups excluding carboxylic acids is 3. The molecule has 0 rings (SSSR count). The van der Waals surface area contributed by atoms with E-state index in [0.717, 1.165) is 0 Å². The van der Waals surface area contributed by atoms with Crippen LogP contribution in [-0.4, -0.2) is 46.1 Å². The number of carbonyl (C=O) groups is 4. The molecule has 0 saturated carbocycles. The first-order valence-corrected chi connectivity index (χ1v) is 6.28. The van der Waals surface area contributed by atoms with Crippen molar-refractivity contribution in [3.05, 3.63) is 0 Å². The van der Waals surface area contributed by atoms with Gasteiger partial charge in [-0.15, -0.1) is 0 Å². The minimum atomic E-state index is -1.16. The third-order valence-corrected chi connectivity index (χ3v) is 2.68. The summed E-state index contributed by atoms with van der Waals surface area (Å²) in [5.74, 6) is -3.20. The molecule has 0 radical (unpaired) electrons. The third kappa shape index (κ3) is 8.55. The van der Waals surface area contributed by atoms with E-state index >= 15 is 0 Å². The van der Waals surface area contributed by atoms with Crippen molar-refractivity contribution in [3.8, 4) is 0 Å². The molecule has 0 bridgehead atoms. The molecular formula is C11H20N4O6. The van der Waals surface area contributed by atoms with E-state index in [-0.39, 0.29) is 32.1 Å². The van der Waals surface area contributed by atoms with Crippen molar-refractivity contribution in [1.82, 2.24) is 10.8 Å². The molecule has 10 nitrogen and oxygen atoms in total. The highest BCUT2D eigenvalue weighted by Crippen LogP contribution is 2.02. The van der Waals surface area contributed by atoms with E-state index in [1.165, 1.54) is 5.48 Å². The maximum atomic E-state index is 11.6. The molecule has 21 heavy (non-hydrogen) atoms. The summed E-state index contributed by atoms with van der Waals surface area (Å²) in [5.41, 5.74) is 11.6. The van der Waals surface area contributed by atoms with Crippen LogP contribution in [0.4, 0.5) is 0 Å². The summed E-state index contributed by atoms with van der Waals surface area (Å²) in [6.45, 7) is 0. The predicted molar refractivity (Wildman–Crippen MR) is 69.8 cm³/mol. The Morgan fingerprint density at radius 2 is 1.71 bits per heavy atom. The minimum Gasteiger partial charge on any atom is -0.480 e. The molecule has 8 N–H and O–H groups in total. The van der Waals surface area contributed by atoms with Crippen LogP contribution >= 0.6 is 0 Å². The number of hydrogen-bond acceptors (Lipinski definition) is 6. The summed E-state index contributed by atoms with van der Waals surface area (Å²) < 4.78 is 0. The number of carboxylic acids is 1. The highest BCUT2D eigenvalue weighted by atomic mass is 16.5. The van der Waals surface area contributed by atoms with Crippen LogP contribution in [0.2, 0.25) is 0 Å². The molecule has 120 valence electrons. The van der Waals surface area contributed by atoms with E-state index in [1.807, 2.05) is 0 Å². The van der Waals surface area contributed by atoms with Gasteiger partial charge in [0.15, 0.2) is 0 Å². The molecule has 0 aromatic heterocycles. The molecule has 0 saturated heterocycles. The number of nitrogens with one attached hydrogen (secondary N) is 2. The van der Waals surface area contributed by atoms with Crippen molar-refractivity contribution >= 4 is 23.7 Å². The van der Waals surface area contributed by atoms with Crippen molar-refractivity contribution in [2.45, 2.75) is 44.2 Å². The zero-order chi connectivity index (χ0) is 16.4. The van der Waals surface area contributed by atoms with Crippen LogP contribution in [0.3, 0.4) is 0 Å². The quantitative estimate of drug-likeness (QED) is 0.196. The van der Waals surface area contributed by atoms with Gasteiger partial charge in [-0.1, -0.05) is 0 Å². The van der Waals surface area contributed by atoms with Crippen molar-refractivity contribution in [2.75, 3.05) is 0 Å². The zero-order valence-corrected chi connectivity index (χ0v) is 11.4. The van der Waals surface area contributed by atoms with E-state index in [2.05, 4.69) is 5.32 Å².